The van der Waals surface area contributed by atoms with Crippen LogP contribution < -0.4 is 15.4 Å². The number of carbonyl (C=O) groups excluding carboxylic acids is 1. The summed E-state index contributed by atoms with van der Waals surface area (Å²) in [6.07, 6.45) is -6.02. The van der Waals surface area contributed by atoms with Crippen LogP contribution in [0.25, 0.3) is 11.5 Å². The number of carbonyl (C=O) groups is 1. The summed E-state index contributed by atoms with van der Waals surface area (Å²) in [5.74, 6) is -6.86. The number of anilines is 1. The zero-order valence-electron chi connectivity index (χ0n) is 19.8. The predicted octanol–water partition coefficient (Wildman–Crippen LogP) is 4.93. The summed E-state index contributed by atoms with van der Waals surface area (Å²) < 4.78 is 91.9. The second kappa shape index (κ2) is 9.32. The fourth-order valence-corrected chi connectivity index (χ4v) is 3.81. The van der Waals surface area contributed by atoms with E-state index >= 15 is 13.2 Å². The van der Waals surface area contributed by atoms with E-state index in [1.807, 2.05) is 6.07 Å². The SMILES string of the molecule is CC(C)(C#N)c1nnc(-c2cc3c(cc2F)C(F)(F)CC(N)C(=O)N3Cc2ccc(OC(F)(F)F)cc2)o1. The number of aromatic nitrogens is 2. The molecular weight excluding hydrogens is 520 g/mol. The zero-order chi connectivity index (χ0) is 28.0. The van der Waals surface area contributed by atoms with Crippen LogP contribution in [-0.4, -0.2) is 28.5 Å². The molecule has 1 atom stereocenters. The van der Waals surface area contributed by atoms with Gasteiger partial charge in [-0.2, -0.15) is 5.26 Å². The summed E-state index contributed by atoms with van der Waals surface area (Å²) in [6, 6.07) is 6.16. The molecule has 38 heavy (non-hydrogen) atoms. The normalized spacial score (nSPS) is 17.5. The van der Waals surface area contributed by atoms with Crippen LogP contribution in [0.1, 0.15) is 37.3 Å². The van der Waals surface area contributed by atoms with Gasteiger partial charge in [-0.1, -0.05) is 12.1 Å². The lowest BCUT2D eigenvalue weighted by molar-refractivity contribution is -0.274. The molecule has 8 nitrogen and oxygen atoms in total. The Morgan fingerprint density at radius 2 is 1.87 bits per heavy atom. The Morgan fingerprint density at radius 3 is 2.47 bits per heavy atom. The highest BCUT2D eigenvalue weighted by Gasteiger charge is 2.45. The molecule has 200 valence electrons. The van der Waals surface area contributed by atoms with Crippen LogP contribution in [0.5, 0.6) is 5.75 Å². The van der Waals surface area contributed by atoms with Crippen molar-refractivity contribution in [3.63, 3.8) is 0 Å². The highest BCUT2D eigenvalue weighted by Crippen LogP contribution is 2.45. The van der Waals surface area contributed by atoms with Gasteiger partial charge in [0, 0.05) is 12.0 Å². The molecule has 1 amide bonds. The van der Waals surface area contributed by atoms with Crippen molar-refractivity contribution < 1.29 is 40.3 Å². The molecule has 4 rings (SSSR count). The molecule has 14 heteroatoms. The van der Waals surface area contributed by atoms with Crippen LogP contribution in [0.3, 0.4) is 0 Å². The van der Waals surface area contributed by atoms with E-state index in [4.69, 9.17) is 10.2 Å². The molecule has 0 aliphatic carbocycles. The smallest absolute Gasteiger partial charge is 0.419 e. The summed E-state index contributed by atoms with van der Waals surface area (Å²) in [5.41, 5.74) is 3.13. The monoisotopic (exact) mass is 539 g/mol. The van der Waals surface area contributed by atoms with E-state index in [9.17, 15) is 23.2 Å². The summed E-state index contributed by atoms with van der Waals surface area (Å²) in [5, 5.41) is 16.7. The van der Waals surface area contributed by atoms with E-state index < -0.39 is 70.3 Å². The van der Waals surface area contributed by atoms with Crippen LogP contribution in [0.4, 0.5) is 32.0 Å². The molecule has 0 radical (unpaired) electrons. The van der Waals surface area contributed by atoms with Crippen molar-refractivity contribution >= 4 is 11.6 Å². The second-order valence-electron chi connectivity index (χ2n) is 9.13. The van der Waals surface area contributed by atoms with Crippen molar-refractivity contribution in [2.45, 2.75) is 50.6 Å². The van der Waals surface area contributed by atoms with Gasteiger partial charge in [0.15, 0.2) is 0 Å². The Bertz CT molecular complexity index is 1410. The van der Waals surface area contributed by atoms with E-state index in [0.29, 0.717) is 6.07 Å². The van der Waals surface area contributed by atoms with E-state index in [-0.39, 0.29) is 18.0 Å². The van der Waals surface area contributed by atoms with Crippen molar-refractivity contribution in [1.29, 1.82) is 5.26 Å². The first kappa shape index (κ1) is 26.9. The lowest BCUT2D eigenvalue weighted by Gasteiger charge is -2.25. The lowest BCUT2D eigenvalue weighted by Crippen LogP contribution is -2.43. The van der Waals surface area contributed by atoms with Gasteiger partial charge in [0.25, 0.3) is 11.8 Å². The van der Waals surface area contributed by atoms with Crippen molar-refractivity contribution in [1.82, 2.24) is 10.2 Å². The Morgan fingerprint density at radius 1 is 1.21 bits per heavy atom. The third kappa shape index (κ3) is 5.28. The molecule has 0 spiro atoms. The van der Waals surface area contributed by atoms with E-state index in [2.05, 4.69) is 14.9 Å². The van der Waals surface area contributed by atoms with Gasteiger partial charge in [-0.3, -0.25) is 4.79 Å². The van der Waals surface area contributed by atoms with E-state index in [1.54, 1.807) is 0 Å². The quantitative estimate of drug-likeness (QED) is 0.457. The number of nitrogens with zero attached hydrogens (tertiary/aromatic N) is 4. The summed E-state index contributed by atoms with van der Waals surface area (Å²) in [6.45, 7) is 2.57. The fraction of sp³-hybridized carbons (Fsp3) is 0.333. The fourth-order valence-electron chi connectivity index (χ4n) is 3.81. The van der Waals surface area contributed by atoms with Gasteiger partial charge in [-0.15, -0.1) is 23.4 Å². The predicted molar refractivity (Wildman–Crippen MR) is 119 cm³/mol. The molecule has 2 heterocycles. The molecule has 0 fully saturated rings. The van der Waals surface area contributed by atoms with Crippen molar-refractivity contribution in [3.05, 3.63) is 59.2 Å². The van der Waals surface area contributed by atoms with Crippen LogP contribution in [-0.2, 0) is 22.7 Å². The molecule has 3 aromatic rings. The van der Waals surface area contributed by atoms with Gasteiger partial charge in [-0.05, 0) is 43.7 Å². The number of amides is 1. The Balaban J connectivity index is 1.79. The average molecular weight is 539 g/mol. The van der Waals surface area contributed by atoms with Gasteiger partial charge in [-0.25, -0.2) is 13.2 Å². The van der Waals surface area contributed by atoms with E-state index in [0.717, 1.165) is 23.1 Å². The minimum absolute atomic E-state index is 0.147. The molecule has 1 unspecified atom stereocenters. The maximum absolute atomic E-state index is 15.1. The maximum atomic E-state index is 15.1. The number of hydrogen-bond donors (Lipinski definition) is 1. The number of hydrogen-bond acceptors (Lipinski definition) is 7. The summed E-state index contributed by atoms with van der Waals surface area (Å²) in [7, 11) is 0. The Kier molecular flexibility index (Phi) is 6.60. The Hall–Kier alpha value is -4.12. The maximum Gasteiger partial charge on any atom is 0.573 e. The Labute approximate surface area is 211 Å². The van der Waals surface area contributed by atoms with Gasteiger partial charge >= 0.3 is 6.36 Å². The van der Waals surface area contributed by atoms with Gasteiger partial charge in [0.1, 0.15) is 17.0 Å². The van der Waals surface area contributed by atoms with Crippen molar-refractivity contribution in [2.24, 2.45) is 5.73 Å². The van der Waals surface area contributed by atoms with Crippen LogP contribution in [0.15, 0.2) is 40.8 Å². The molecule has 2 aromatic carbocycles. The number of nitrogens with two attached hydrogens (primary N) is 1. The topological polar surface area (TPSA) is 118 Å². The molecule has 0 bridgehead atoms. The van der Waals surface area contributed by atoms with Crippen molar-refractivity contribution in [3.8, 4) is 23.3 Å². The van der Waals surface area contributed by atoms with Crippen LogP contribution in [0, 0.1) is 17.1 Å². The van der Waals surface area contributed by atoms with Gasteiger partial charge in [0.2, 0.25) is 11.8 Å². The third-order valence-electron chi connectivity index (χ3n) is 5.80. The summed E-state index contributed by atoms with van der Waals surface area (Å²) in [4.78, 5) is 14.0. The highest BCUT2D eigenvalue weighted by atomic mass is 19.4. The first-order valence-electron chi connectivity index (χ1n) is 11.0. The zero-order valence-corrected chi connectivity index (χ0v) is 19.8. The third-order valence-corrected chi connectivity index (χ3v) is 5.80. The molecule has 0 saturated heterocycles. The van der Waals surface area contributed by atoms with Gasteiger partial charge < -0.3 is 19.8 Å². The van der Waals surface area contributed by atoms with Crippen molar-refractivity contribution in [2.75, 3.05) is 4.90 Å². The molecule has 1 aliphatic heterocycles. The minimum atomic E-state index is -4.92. The van der Waals surface area contributed by atoms with Gasteiger partial charge in [0.05, 0.1) is 29.9 Å². The summed E-state index contributed by atoms with van der Waals surface area (Å²) >= 11 is 0. The highest BCUT2D eigenvalue weighted by molar-refractivity contribution is 5.99. The van der Waals surface area contributed by atoms with Crippen LogP contribution >= 0.6 is 0 Å². The largest absolute Gasteiger partial charge is 0.573 e. The number of ether oxygens (including phenoxy) is 1. The lowest BCUT2D eigenvalue weighted by atomic mass is 9.96. The average Bonchev–Trinajstić information content (AvgIpc) is 3.31. The van der Waals surface area contributed by atoms with E-state index in [1.165, 1.54) is 26.0 Å². The molecule has 0 saturated carbocycles. The number of fused-ring (bicyclic) bond motifs is 1. The number of nitriles is 1. The standard InChI is InChI=1S/C24H19F6N5O3/c1-22(2,11-31)21-34-33-19(37-21)14-7-18-15(8-16(14)25)23(26,27)9-17(32)20(36)35(18)10-12-3-5-13(6-4-12)38-24(28,29)30/h3-8,17H,9-10,32H2,1-2H3. The molecule has 1 aliphatic rings. The first-order chi connectivity index (χ1) is 17.6. The minimum Gasteiger partial charge on any atom is -0.419 e. The number of halogens is 6. The molecular formula is C24H19F6N5O3. The first-order valence-corrected chi connectivity index (χ1v) is 11.0. The number of benzene rings is 2. The number of alkyl halides is 5. The molecule has 2 N–H and O–H groups in total. The number of rotatable bonds is 5. The second-order valence-corrected chi connectivity index (χ2v) is 9.13. The molecule has 1 aromatic heterocycles. The van der Waals surface area contributed by atoms with Crippen LogP contribution in [0.2, 0.25) is 0 Å².